The van der Waals surface area contributed by atoms with Crippen LogP contribution in [-0.2, 0) is 19.4 Å². The van der Waals surface area contributed by atoms with E-state index in [0.717, 1.165) is 29.7 Å². The Bertz CT molecular complexity index is 649. The molecule has 0 radical (unpaired) electrons. The molecule has 0 fully saturated rings. The molecule has 0 bridgehead atoms. The van der Waals surface area contributed by atoms with E-state index in [1.807, 2.05) is 35.0 Å². The van der Waals surface area contributed by atoms with Crippen molar-refractivity contribution in [3.05, 3.63) is 52.8 Å². The Labute approximate surface area is 123 Å². The van der Waals surface area contributed by atoms with E-state index in [1.54, 1.807) is 7.05 Å². The van der Waals surface area contributed by atoms with Crippen LogP contribution in [0.4, 0.5) is 0 Å². The number of carbonyl (C=O) groups is 1. The molecule has 1 aliphatic carbocycles. The van der Waals surface area contributed by atoms with Crippen LogP contribution >= 0.6 is 0 Å². The summed E-state index contributed by atoms with van der Waals surface area (Å²) in [6.07, 6.45) is 1.61. The zero-order chi connectivity index (χ0) is 14.8. The van der Waals surface area contributed by atoms with Gasteiger partial charge in [0.25, 0.3) is 5.91 Å². The molecule has 21 heavy (non-hydrogen) atoms. The number of nitrogens with zero attached hydrogens (tertiary/aromatic N) is 2. The fraction of sp³-hybridized carbons (Fsp3) is 0.375. The number of fused-ring (bicyclic) bond motifs is 1. The van der Waals surface area contributed by atoms with Gasteiger partial charge in [-0.3, -0.25) is 9.48 Å². The van der Waals surface area contributed by atoms with E-state index >= 15 is 0 Å². The number of aromatic nitrogens is 2. The Kier molecular flexibility index (Phi) is 3.75. The Hall–Kier alpha value is -2.14. The lowest BCUT2D eigenvalue weighted by atomic mass is 9.93. The lowest BCUT2D eigenvalue weighted by molar-refractivity contribution is 0.0955. The van der Waals surface area contributed by atoms with Crippen LogP contribution in [0, 0.1) is 0 Å². The van der Waals surface area contributed by atoms with Crippen molar-refractivity contribution in [1.29, 1.82) is 0 Å². The van der Waals surface area contributed by atoms with Crippen molar-refractivity contribution in [3.8, 4) is 0 Å². The monoisotopic (exact) mass is 285 g/mol. The highest BCUT2D eigenvalue weighted by atomic mass is 16.3. The molecule has 1 heterocycles. The average molecular weight is 285 g/mol. The third kappa shape index (κ3) is 2.69. The predicted octanol–water partition coefficient (Wildman–Crippen LogP) is 1.14. The Morgan fingerprint density at radius 2 is 2.19 bits per heavy atom. The third-order valence-electron chi connectivity index (χ3n) is 3.94. The van der Waals surface area contributed by atoms with E-state index in [9.17, 15) is 9.90 Å². The van der Waals surface area contributed by atoms with Crippen LogP contribution < -0.4 is 5.32 Å². The van der Waals surface area contributed by atoms with Gasteiger partial charge in [0.05, 0.1) is 12.6 Å². The number of carbonyl (C=O) groups excluding carboxylic acids is 1. The van der Waals surface area contributed by atoms with E-state index in [-0.39, 0.29) is 12.0 Å². The lowest BCUT2D eigenvalue weighted by Gasteiger charge is -2.19. The minimum atomic E-state index is -0.379. The standard InChI is InChI=1S/C16H19N3O2/c1-17-16(21)15-13-9-12(20)7-8-14(13)19(18-15)10-11-5-3-2-4-6-11/h2-6,12,20H,7-10H2,1H3,(H,17,21). The molecule has 1 atom stereocenters. The van der Waals surface area contributed by atoms with Gasteiger partial charge in [-0.2, -0.15) is 5.10 Å². The minimum absolute atomic E-state index is 0.188. The Balaban J connectivity index is 1.99. The van der Waals surface area contributed by atoms with E-state index in [1.165, 1.54) is 0 Å². The molecule has 1 aromatic heterocycles. The van der Waals surface area contributed by atoms with Crippen molar-refractivity contribution in [2.75, 3.05) is 7.05 Å². The van der Waals surface area contributed by atoms with Crippen molar-refractivity contribution < 1.29 is 9.90 Å². The molecule has 0 saturated carbocycles. The zero-order valence-corrected chi connectivity index (χ0v) is 12.0. The van der Waals surface area contributed by atoms with Gasteiger partial charge in [-0.15, -0.1) is 0 Å². The summed E-state index contributed by atoms with van der Waals surface area (Å²) in [5, 5.41) is 17.0. The van der Waals surface area contributed by atoms with Gasteiger partial charge in [0.2, 0.25) is 0 Å². The largest absolute Gasteiger partial charge is 0.393 e. The molecule has 110 valence electrons. The first-order chi connectivity index (χ1) is 10.2. The number of nitrogens with one attached hydrogen (secondary N) is 1. The molecule has 1 unspecified atom stereocenters. The van der Waals surface area contributed by atoms with E-state index in [4.69, 9.17) is 0 Å². The lowest BCUT2D eigenvalue weighted by Crippen LogP contribution is -2.24. The van der Waals surface area contributed by atoms with Crippen LogP contribution in [0.15, 0.2) is 30.3 Å². The first kappa shape index (κ1) is 13.8. The van der Waals surface area contributed by atoms with E-state index < -0.39 is 0 Å². The predicted molar refractivity (Wildman–Crippen MR) is 79.2 cm³/mol. The van der Waals surface area contributed by atoms with Crippen molar-refractivity contribution in [3.63, 3.8) is 0 Å². The molecule has 0 aliphatic heterocycles. The summed E-state index contributed by atoms with van der Waals surface area (Å²) in [4.78, 5) is 12.0. The van der Waals surface area contributed by atoms with Crippen LogP contribution in [0.1, 0.15) is 33.7 Å². The third-order valence-corrected chi connectivity index (χ3v) is 3.94. The van der Waals surface area contributed by atoms with Crippen molar-refractivity contribution in [2.24, 2.45) is 0 Å². The molecule has 1 aromatic carbocycles. The molecule has 1 amide bonds. The van der Waals surface area contributed by atoms with E-state index in [2.05, 4.69) is 10.4 Å². The SMILES string of the molecule is CNC(=O)c1nn(Cc2ccccc2)c2c1CC(O)CC2. The highest BCUT2D eigenvalue weighted by Crippen LogP contribution is 2.25. The summed E-state index contributed by atoms with van der Waals surface area (Å²) in [5.74, 6) is -0.188. The quantitative estimate of drug-likeness (QED) is 0.888. The first-order valence-electron chi connectivity index (χ1n) is 7.21. The van der Waals surface area contributed by atoms with Crippen LogP contribution in [0.2, 0.25) is 0 Å². The molecule has 0 spiro atoms. The molecule has 5 heteroatoms. The fourth-order valence-corrected chi connectivity index (χ4v) is 2.86. The van der Waals surface area contributed by atoms with Crippen molar-refractivity contribution in [1.82, 2.24) is 15.1 Å². The van der Waals surface area contributed by atoms with Crippen LogP contribution in [0.3, 0.4) is 0 Å². The minimum Gasteiger partial charge on any atom is -0.393 e. The number of aliphatic hydroxyl groups is 1. The second-order valence-electron chi connectivity index (χ2n) is 5.39. The zero-order valence-electron chi connectivity index (χ0n) is 12.0. The van der Waals surface area contributed by atoms with Gasteiger partial charge in [0, 0.05) is 24.7 Å². The normalized spacial score (nSPS) is 17.3. The number of amides is 1. The molecule has 2 N–H and O–H groups in total. The maximum Gasteiger partial charge on any atom is 0.271 e. The summed E-state index contributed by atoms with van der Waals surface area (Å²) >= 11 is 0. The maximum atomic E-state index is 12.0. The van der Waals surface area contributed by atoms with Crippen LogP contribution in [0.5, 0.6) is 0 Å². The molecule has 0 saturated heterocycles. The van der Waals surface area contributed by atoms with Crippen LogP contribution in [-0.4, -0.2) is 33.9 Å². The van der Waals surface area contributed by atoms with Crippen molar-refractivity contribution >= 4 is 5.91 Å². The van der Waals surface area contributed by atoms with Gasteiger partial charge in [0.1, 0.15) is 0 Å². The molecule has 5 nitrogen and oxygen atoms in total. The summed E-state index contributed by atoms with van der Waals surface area (Å²) in [6.45, 7) is 0.649. The van der Waals surface area contributed by atoms with Gasteiger partial charge >= 0.3 is 0 Å². The van der Waals surface area contributed by atoms with Crippen LogP contribution in [0.25, 0.3) is 0 Å². The molecule has 2 aromatic rings. The number of aliphatic hydroxyl groups excluding tert-OH is 1. The smallest absolute Gasteiger partial charge is 0.271 e. The molecular formula is C16H19N3O2. The second-order valence-corrected chi connectivity index (χ2v) is 5.39. The van der Waals surface area contributed by atoms with Gasteiger partial charge in [-0.25, -0.2) is 0 Å². The molecule has 1 aliphatic rings. The Morgan fingerprint density at radius 1 is 1.43 bits per heavy atom. The van der Waals surface area contributed by atoms with Gasteiger partial charge < -0.3 is 10.4 Å². The highest BCUT2D eigenvalue weighted by Gasteiger charge is 2.27. The summed E-state index contributed by atoms with van der Waals surface area (Å²) in [5.41, 5.74) is 3.56. The van der Waals surface area contributed by atoms with E-state index in [0.29, 0.717) is 18.7 Å². The highest BCUT2D eigenvalue weighted by molar-refractivity contribution is 5.93. The van der Waals surface area contributed by atoms with Gasteiger partial charge in [-0.05, 0) is 18.4 Å². The first-order valence-corrected chi connectivity index (χ1v) is 7.21. The van der Waals surface area contributed by atoms with Gasteiger partial charge in [-0.1, -0.05) is 30.3 Å². The average Bonchev–Trinajstić information content (AvgIpc) is 2.85. The summed E-state index contributed by atoms with van der Waals surface area (Å²) in [6, 6.07) is 10.1. The maximum absolute atomic E-state index is 12.0. The number of rotatable bonds is 3. The number of hydrogen-bond acceptors (Lipinski definition) is 3. The van der Waals surface area contributed by atoms with Gasteiger partial charge in [0.15, 0.2) is 5.69 Å². The number of benzene rings is 1. The molecular weight excluding hydrogens is 266 g/mol. The molecule has 3 rings (SSSR count). The number of hydrogen-bond donors (Lipinski definition) is 2. The Morgan fingerprint density at radius 3 is 2.90 bits per heavy atom. The fourth-order valence-electron chi connectivity index (χ4n) is 2.86. The summed E-state index contributed by atoms with van der Waals surface area (Å²) in [7, 11) is 1.60. The second kappa shape index (κ2) is 5.69. The topological polar surface area (TPSA) is 67.2 Å². The van der Waals surface area contributed by atoms with Crippen molar-refractivity contribution in [2.45, 2.75) is 31.9 Å². The summed E-state index contributed by atoms with van der Waals surface area (Å²) < 4.78 is 1.90.